The van der Waals surface area contributed by atoms with Crippen LogP contribution in [0.25, 0.3) is 0 Å². The highest BCUT2D eigenvalue weighted by Gasteiger charge is 2.20. The normalized spacial score (nSPS) is 16.5. The summed E-state index contributed by atoms with van der Waals surface area (Å²) in [6.45, 7) is 10.0. The van der Waals surface area contributed by atoms with Crippen LogP contribution in [-0.2, 0) is 19.5 Å². The van der Waals surface area contributed by atoms with Crippen molar-refractivity contribution in [3.8, 4) is 0 Å². The van der Waals surface area contributed by atoms with Crippen molar-refractivity contribution in [3.05, 3.63) is 17.7 Å². The predicted octanol–water partition coefficient (Wildman–Crippen LogP) is 1.96. The Morgan fingerprint density at radius 3 is 3.07 bits per heavy atom. The lowest BCUT2D eigenvalue weighted by Gasteiger charge is -2.25. The van der Waals surface area contributed by atoms with Gasteiger partial charge in [0.05, 0.1) is 12.0 Å². The van der Waals surface area contributed by atoms with Gasteiger partial charge in [0.1, 0.15) is 0 Å². The Morgan fingerprint density at radius 2 is 2.33 bits per heavy atom. The minimum atomic E-state index is 0.374. The molecule has 0 unspecified atom stereocenters. The third kappa shape index (κ3) is 2.23. The van der Waals surface area contributed by atoms with Crippen molar-refractivity contribution >= 4 is 0 Å². The quantitative estimate of drug-likeness (QED) is 0.821. The monoisotopic (exact) mass is 207 g/mol. The van der Waals surface area contributed by atoms with Gasteiger partial charge in [0, 0.05) is 31.7 Å². The Bertz CT molecular complexity index is 339. The first-order chi connectivity index (χ1) is 7.12. The van der Waals surface area contributed by atoms with E-state index in [1.165, 1.54) is 17.8 Å². The van der Waals surface area contributed by atoms with Crippen LogP contribution in [0.3, 0.4) is 0 Å². The van der Waals surface area contributed by atoms with Crippen molar-refractivity contribution in [3.63, 3.8) is 0 Å². The first kappa shape index (κ1) is 10.7. The summed E-state index contributed by atoms with van der Waals surface area (Å²) in [5.74, 6) is 0. The minimum absolute atomic E-state index is 0.374. The van der Waals surface area contributed by atoms with Crippen LogP contribution in [0.5, 0.6) is 0 Å². The molecule has 0 aromatic carbocycles. The Hall–Kier alpha value is -0.830. The first-order valence-electron chi connectivity index (χ1n) is 5.86. The Morgan fingerprint density at radius 1 is 1.53 bits per heavy atom. The van der Waals surface area contributed by atoms with E-state index >= 15 is 0 Å². The van der Waals surface area contributed by atoms with Gasteiger partial charge in [-0.3, -0.25) is 0 Å². The summed E-state index contributed by atoms with van der Waals surface area (Å²) < 4.78 is 2.35. The molecule has 0 amide bonds. The van der Waals surface area contributed by atoms with Gasteiger partial charge in [0.2, 0.25) is 0 Å². The summed E-state index contributed by atoms with van der Waals surface area (Å²) in [6.07, 6.45) is 4.34. The molecule has 1 aliphatic rings. The van der Waals surface area contributed by atoms with E-state index < -0.39 is 0 Å². The van der Waals surface area contributed by atoms with Crippen LogP contribution in [0.1, 0.15) is 38.6 Å². The van der Waals surface area contributed by atoms with Crippen molar-refractivity contribution in [2.45, 2.75) is 46.7 Å². The number of hydrogen-bond donors (Lipinski definition) is 1. The number of hydrogen-bond acceptors (Lipinski definition) is 2. The van der Waals surface area contributed by atoms with Crippen LogP contribution in [0, 0.1) is 5.41 Å². The molecular formula is C12H21N3. The highest BCUT2D eigenvalue weighted by atomic mass is 15.1. The van der Waals surface area contributed by atoms with Gasteiger partial charge in [0.25, 0.3) is 0 Å². The molecule has 0 spiro atoms. The zero-order valence-electron chi connectivity index (χ0n) is 10.0. The van der Waals surface area contributed by atoms with Gasteiger partial charge in [-0.25, -0.2) is 4.98 Å². The molecule has 0 saturated carbocycles. The summed E-state index contributed by atoms with van der Waals surface area (Å²) in [7, 11) is 0. The molecule has 84 valence electrons. The second-order valence-corrected chi connectivity index (χ2v) is 5.21. The van der Waals surface area contributed by atoms with Gasteiger partial charge in [-0.2, -0.15) is 0 Å². The molecule has 3 heteroatoms. The van der Waals surface area contributed by atoms with E-state index in [-0.39, 0.29) is 0 Å². The average molecular weight is 207 g/mol. The van der Waals surface area contributed by atoms with Gasteiger partial charge >= 0.3 is 0 Å². The topological polar surface area (TPSA) is 29.9 Å². The number of fused-ring (bicyclic) bond motifs is 1. The van der Waals surface area contributed by atoms with Crippen molar-refractivity contribution in [1.29, 1.82) is 0 Å². The van der Waals surface area contributed by atoms with Gasteiger partial charge in [-0.15, -0.1) is 0 Å². The summed E-state index contributed by atoms with van der Waals surface area (Å²) in [4.78, 5) is 4.48. The van der Waals surface area contributed by atoms with E-state index in [2.05, 4.69) is 35.6 Å². The molecule has 0 saturated heterocycles. The van der Waals surface area contributed by atoms with Crippen molar-refractivity contribution < 1.29 is 0 Å². The van der Waals surface area contributed by atoms with Crippen molar-refractivity contribution in [2.75, 3.05) is 6.54 Å². The molecule has 1 N–H and O–H groups in total. The van der Waals surface area contributed by atoms with Crippen LogP contribution in [0.2, 0.25) is 0 Å². The predicted molar refractivity (Wildman–Crippen MR) is 61.7 cm³/mol. The standard InChI is InChI=1S/C12H21N3/c1-4-12(2,3)8-15-9-14-10-7-13-6-5-11(10)15/h9,13H,4-8H2,1-3H3. The maximum Gasteiger partial charge on any atom is 0.0952 e. The fourth-order valence-corrected chi connectivity index (χ4v) is 2.01. The minimum Gasteiger partial charge on any atom is -0.334 e. The van der Waals surface area contributed by atoms with Crippen LogP contribution < -0.4 is 5.32 Å². The Labute approximate surface area is 91.9 Å². The van der Waals surface area contributed by atoms with Gasteiger partial charge < -0.3 is 9.88 Å². The maximum atomic E-state index is 4.48. The molecule has 2 heterocycles. The van der Waals surface area contributed by atoms with E-state index in [9.17, 15) is 0 Å². The molecule has 0 radical (unpaired) electrons. The van der Waals surface area contributed by atoms with Crippen molar-refractivity contribution in [2.24, 2.45) is 5.41 Å². The SMILES string of the molecule is CCC(C)(C)Cn1cnc2c1CCNC2. The molecule has 15 heavy (non-hydrogen) atoms. The third-order valence-electron chi connectivity index (χ3n) is 3.42. The highest BCUT2D eigenvalue weighted by molar-refractivity contribution is 5.16. The highest BCUT2D eigenvalue weighted by Crippen LogP contribution is 2.24. The fraction of sp³-hybridized carbons (Fsp3) is 0.750. The molecule has 0 atom stereocenters. The number of aromatic nitrogens is 2. The summed E-state index contributed by atoms with van der Waals surface area (Å²) in [5, 5.41) is 3.36. The first-order valence-corrected chi connectivity index (χ1v) is 5.86. The zero-order chi connectivity index (χ0) is 10.9. The molecule has 0 bridgehead atoms. The molecule has 1 aromatic rings. The van der Waals surface area contributed by atoms with Crippen LogP contribution >= 0.6 is 0 Å². The fourth-order valence-electron chi connectivity index (χ4n) is 2.01. The Kier molecular flexibility index (Phi) is 2.83. The second kappa shape index (κ2) is 3.97. The lowest BCUT2D eigenvalue weighted by molar-refractivity contribution is 0.290. The molecule has 0 aliphatic carbocycles. The van der Waals surface area contributed by atoms with E-state index in [0.717, 1.165) is 26.1 Å². The van der Waals surface area contributed by atoms with Gasteiger partial charge in [-0.05, 0) is 11.8 Å². The number of rotatable bonds is 3. The lowest BCUT2D eigenvalue weighted by atomic mass is 9.90. The second-order valence-electron chi connectivity index (χ2n) is 5.21. The lowest BCUT2D eigenvalue weighted by Crippen LogP contribution is -2.27. The van der Waals surface area contributed by atoms with Gasteiger partial charge in [0.15, 0.2) is 0 Å². The van der Waals surface area contributed by atoms with Crippen LogP contribution in [0.4, 0.5) is 0 Å². The molecule has 3 nitrogen and oxygen atoms in total. The van der Waals surface area contributed by atoms with E-state index in [4.69, 9.17) is 0 Å². The molecule has 2 rings (SSSR count). The summed E-state index contributed by atoms with van der Waals surface area (Å²) >= 11 is 0. The number of nitrogens with zero attached hydrogens (tertiary/aromatic N) is 2. The maximum absolute atomic E-state index is 4.48. The van der Waals surface area contributed by atoms with Crippen LogP contribution in [-0.4, -0.2) is 16.1 Å². The number of nitrogens with one attached hydrogen (secondary N) is 1. The smallest absolute Gasteiger partial charge is 0.0952 e. The number of imidazole rings is 1. The average Bonchev–Trinajstić information content (AvgIpc) is 2.62. The molecule has 1 aliphatic heterocycles. The van der Waals surface area contributed by atoms with Crippen molar-refractivity contribution in [1.82, 2.24) is 14.9 Å². The molecule has 0 fully saturated rings. The van der Waals surface area contributed by atoms with E-state index in [0.29, 0.717) is 5.41 Å². The zero-order valence-corrected chi connectivity index (χ0v) is 10.0. The molecule has 1 aromatic heterocycles. The summed E-state index contributed by atoms with van der Waals surface area (Å²) in [6, 6.07) is 0. The molecular weight excluding hydrogens is 186 g/mol. The van der Waals surface area contributed by atoms with E-state index in [1.807, 2.05) is 6.33 Å². The Balaban J connectivity index is 2.19. The van der Waals surface area contributed by atoms with Crippen LogP contribution in [0.15, 0.2) is 6.33 Å². The largest absolute Gasteiger partial charge is 0.334 e. The summed E-state index contributed by atoms with van der Waals surface area (Å²) in [5.41, 5.74) is 3.06. The van der Waals surface area contributed by atoms with Gasteiger partial charge in [-0.1, -0.05) is 20.8 Å². The van der Waals surface area contributed by atoms with E-state index in [1.54, 1.807) is 0 Å². The third-order valence-corrected chi connectivity index (χ3v) is 3.42.